The van der Waals surface area contributed by atoms with Crippen molar-refractivity contribution in [3.8, 4) is 0 Å². The van der Waals surface area contributed by atoms with E-state index in [1.807, 2.05) is 0 Å². The summed E-state index contributed by atoms with van der Waals surface area (Å²) in [6.07, 6.45) is 5.64. The lowest BCUT2D eigenvalue weighted by atomic mass is 9.82. The number of hydrogen-bond acceptors (Lipinski definition) is 2. The van der Waals surface area contributed by atoms with Crippen LogP contribution in [0.3, 0.4) is 0 Å². The van der Waals surface area contributed by atoms with Gasteiger partial charge in [0.1, 0.15) is 0 Å². The molecule has 100 valence electrons. The van der Waals surface area contributed by atoms with Gasteiger partial charge in [-0.1, -0.05) is 27.2 Å². The average molecular weight is 238 g/mol. The van der Waals surface area contributed by atoms with E-state index in [1.165, 1.54) is 45.3 Å². The van der Waals surface area contributed by atoms with Gasteiger partial charge in [0.25, 0.3) is 0 Å². The zero-order valence-electron chi connectivity index (χ0n) is 12.1. The van der Waals surface area contributed by atoms with Gasteiger partial charge in [-0.15, -0.1) is 0 Å². The number of rotatable bonds is 4. The summed E-state index contributed by atoms with van der Waals surface area (Å²) in [5.41, 5.74) is 0.342. The van der Waals surface area contributed by atoms with Crippen molar-refractivity contribution >= 4 is 0 Å². The Hall–Kier alpha value is -0.0800. The molecule has 2 atom stereocenters. The third-order valence-corrected chi connectivity index (χ3v) is 5.03. The third kappa shape index (κ3) is 3.03. The first-order valence-electron chi connectivity index (χ1n) is 7.53. The molecule has 0 bridgehead atoms. The van der Waals surface area contributed by atoms with E-state index in [1.54, 1.807) is 0 Å². The Kier molecular flexibility index (Phi) is 4.14. The molecule has 1 saturated carbocycles. The van der Waals surface area contributed by atoms with Crippen LogP contribution in [0.25, 0.3) is 0 Å². The number of hydrogen-bond donors (Lipinski definition) is 1. The maximum Gasteiger partial charge on any atom is 0.0278 e. The van der Waals surface area contributed by atoms with Crippen LogP contribution in [0, 0.1) is 11.8 Å². The highest BCUT2D eigenvalue weighted by molar-refractivity contribution is 4.96. The summed E-state index contributed by atoms with van der Waals surface area (Å²) in [5.74, 6) is 1.76. The first-order valence-corrected chi connectivity index (χ1v) is 7.53. The SMILES string of the molecule is CCC1(C)CN(CC2CCC2)C(C(C)C)CN1. The van der Waals surface area contributed by atoms with Crippen molar-refractivity contribution in [2.45, 2.75) is 65.0 Å². The summed E-state index contributed by atoms with van der Waals surface area (Å²) in [6.45, 7) is 13.2. The molecule has 2 unspecified atom stereocenters. The van der Waals surface area contributed by atoms with Crippen molar-refractivity contribution in [2.75, 3.05) is 19.6 Å². The molecule has 0 aromatic heterocycles. The van der Waals surface area contributed by atoms with E-state index in [0.29, 0.717) is 5.54 Å². The van der Waals surface area contributed by atoms with Gasteiger partial charge in [-0.3, -0.25) is 4.90 Å². The van der Waals surface area contributed by atoms with Gasteiger partial charge in [0, 0.05) is 31.2 Å². The molecule has 1 saturated heterocycles. The normalized spacial score (nSPS) is 36.2. The topological polar surface area (TPSA) is 15.3 Å². The zero-order valence-corrected chi connectivity index (χ0v) is 12.1. The van der Waals surface area contributed by atoms with E-state index in [4.69, 9.17) is 0 Å². The summed E-state index contributed by atoms with van der Waals surface area (Å²) < 4.78 is 0. The van der Waals surface area contributed by atoms with Crippen molar-refractivity contribution in [3.63, 3.8) is 0 Å². The Morgan fingerprint density at radius 1 is 1.35 bits per heavy atom. The second-order valence-electron chi connectivity index (χ2n) is 6.83. The maximum absolute atomic E-state index is 3.77. The summed E-state index contributed by atoms with van der Waals surface area (Å²) in [4.78, 5) is 2.79. The first kappa shape index (κ1) is 13.4. The van der Waals surface area contributed by atoms with Gasteiger partial charge in [-0.25, -0.2) is 0 Å². The number of nitrogens with one attached hydrogen (secondary N) is 1. The van der Waals surface area contributed by atoms with Crippen LogP contribution in [0.15, 0.2) is 0 Å². The Morgan fingerprint density at radius 2 is 2.06 bits per heavy atom. The van der Waals surface area contributed by atoms with Gasteiger partial charge in [0.15, 0.2) is 0 Å². The molecule has 17 heavy (non-hydrogen) atoms. The molecule has 1 heterocycles. The molecule has 0 amide bonds. The van der Waals surface area contributed by atoms with Crippen LogP contribution in [0.2, 0.25) is 0 Å². The van der Waals surface area contributed by atoms with Crippen LogP contribution < -0.4 is 5.32 Å². The molecular weight excluding hydrogens is 208 g/mol. The lowest BCUT2D eigenvalue weighted by molar-refractivity contribution is 0.0355. The molecule has 0 aromatic rings. The summed E-state index contributed by atoms with van der Waals surface area (Å²) in [6, 6.07) is 0.746. The van der Waals surface area contributed by atoms with E-state index in [-0.39, 0.29) is 0 Å². The van der Waals surface area contributed by atoms with E-state index in [9.17, 15) is 0 Å². The molecule has 1 N–H and O–H groups in total. The smallest absolute Gasteiger partial charge is 0.0278 e. The van der Waals surface area contributed by atoms with Crippen LogP contribution >= 0.6 is 0 Å². The molecule has 2 fully saturated rings. The molecule has 0 aromatic carbocycles. The summed E-state index contributed by atoms with van der Waals surface area (Å²) >= 11 is 0. The van der Waals surface area contributed by atoms with E-state index < -0.39 is 0 Å². The van der Waals surface area contributed by atoms with Crippen LogP contribution in [-0.4, -0.2) is 36.1 Å². The molecule has 2 heteroatoms. The van der Waals surface area contributed by atoms with Crippen molar-refractivity contribution in [1.82, 2.24) is 10.2 Å². The zero-order chi connectivity index (χ0) is 12.5. The first-order chi connectivity index (χ1) is 8.04. The predicted molar refractivity (Wildman–Crippen MR) is 74.2 cm³/mol. The lowest BCUT2D eigenvalue weighted by Crippen LogP contribution is -2.64. The fourth-order valence-corrected chi connectivity index (χ4v) is 3.20. The molecule has 1 aliphatic carbocycles. The third-order valence-electron chi connectivity index (χ3n) is 5.03. The Bertz CT molecular complexity index is 247. The summed E-state index contributed by atoms with van der Waals surface area (Å²) in [7, 11) is 0. The minimum atomic E-state index is 0.342. The molecule has 2 rings (SSSR count). The Labute approximate surface area is 107 Å². The fourth-order valence-electron chi connectivity index (χ4n) is 3.20. The quantitative estimate of drug-likeness (QED) is 0.810. The van der Waals surface area contributed by atoms with Gasteiger partial charge < -0.3 is 5.32 Å². The molecule has 2 aliphatic rings. The Morgan fingerprint density at radius 3 is 2.53 bits per heavy atom. The monoisotopic (exact) mass is 238 g/mol. The largest absolute Gasteiger partial charge is 0.309 e. The number of nitrogens with zero attached hydrogens (tertiary/aromatic N) is 1. The van der Waals surface area contributed by atoms with Gasteiger partial charge >= 0.3 is 0 Å². The molecular formula is C15H30N2. The van der Waals surface area contributed by atoms with Crippen LogP contribution in [0.4, 0.5) is 0 Å². The second-order valence-corrected chi connectivity index (χ2v) is 6.83. The van der Waals surface area contributed by atoms with Crippen molar-refractivity contribution in [1.29, 1.82) is 0 Å². The van der Waals surface area contributed by atoms with Crippen LogP contribution in [0.5, 0.6) is 0 Å². The van der Waals surface area contributed by atoms with Gasteiger partial charge in [0.2, 0.25) is 0 Å². The van der Waals surface area contributed by atoms with Crippen molar-refractivity contribution < 1.29 is 0 Å². The van der Waals surface area contributed by atoms with Crippen LogP contribution in [0.1, 0.15) is 53.4 Å². The number of piperazine rings is 1. The maximum atomic E-state index is 3.77. The van der Waals surface area contributed by atoms with E-state index in [0.717, 1.165) is 17.9 Å². The average Bonchev–Trinajstić information content (AvgIpc) is 2.23. The highest BCUT2D eigenvalue weighted by Crippen LogP contribution is 2.30. The van der Waals surface area contributed by atoms with Gasteiger partial charge in [0.05, 0.1) is 0 Å². The van der Waals surface area contributed by atoms with Crippen LogP contribution in [-0.2, 0) is 0 Å². The summed E-state index contributed by atoms with van der Waals surface area (Å²) in [5, 5.41) is 3.77. The fraction of sp³-hybridized carbons (Fsp3) is 1.00. The molecule has 0 spiro atoms. The minimum Gasteiger partial charge on any atom is -0.309 e. The predicted octanol–water partition coefficient (Wildman–Crippen LogP) is 2.89. The van der Waals surface area contributed by atoms with Crippen molar-refractivity contribution in [3.05, 3.63) is 0 Å². The van der Waals surface area contributed by atoms with Crippen molar-refractivity contribution in [2.24, 2.45) is 11.8 Å². The minimum absolute atomic E-state index is 0.342. The van der Waals surface area contributed by atoms with E-state index >= 15 is 0 Å². The Balaban J connectivity index is 1.98. The highest BCUT2D eigenvalue weighted by atomic mass is 15.3. The van der Waals surface area contributed by atoms with Gasteiger partial charge in [-0.2, -0.15) is 0 Å². The van der Waals surface area contributed by atoms with E-state index in [2.05, 4.69) is 37.9 Å². The molecule has 1 aliphatic heterocycles. The van der Waals surface area contributed by atoms with Gasteiger partial charge in [-0.05, 0) is 38.0 Å². The molecule has 2 nitrogen and oxygen atoms in total. The lowest BCUT2D eigenvalue weighted by Gasteiger charge is -2.49. The highest BCUT2D eigenvalue weighted by Gasteiger charge is 2.37. The standard InChI is InChI=1S/C15H30N2/c1-5-15(4)11-17(10-13-7-6-8-13)14(9-16-15)12(2)3/h12-14,16H,5-11H2,1-4H3. The molecule has 0 radical (unpaired) electrons. The second kappa shape index (κ2) is 5.27.